The van der Waals surface area contributed by atoms with Crippen molar-refractivity contribution in [1.82, 2.24) is 4.98 Å². The van der Waals surface area contributed by atoms with Crippen molar-refractivity contribution < 1.29 is 19.0 Å². The monoisotopic (exact) mass is 328 g/mol. The average molecular weight is 328 g/mol. The van der Waals surface area contributed by atoms with Crippen LogP contribution in [0, 0.1) is 0 Å². The Morgan fingerprint density at radius 1 is 1.22 bits per heavy atom. The van der Waals surface area contributed by atoms with Crippen molar-refractivity contribution in [3.05, 3.63) is 42.0 Å². The number of nitrogens with zero attached hydrogens (tertiary/aromatic N) is 1. The summed E-state index contributed by atoms with van der Waals surface area (Å²) in [5.74, 6) is 1.87. The molecular weight excluding hydrogens is 316 g/mol. The number of methoxy groups -OCH3 is 1. The Kier molecular flexibility index (Phi) is 3.27. The normalized spacial score (nSPS) is 12.4. The van der Waals surface area contributed by atoms with Crippen molar-refractivity contribution in [1.29, 1.82) is 0 Å². The lowest BCUT2D eigenvalue weighted by Gasteiger charge is -2.03. The van der Waals surface area contributed by atoms with Crippen LogP contribution in [0.15, 0.2) is 36.4 Å². The molecule has 0 saturated carbocycles. The van der Waals surface area contributed by atoms with Crippen molar-refractivity contribution in [2.24, 2.45) is 0 Å². The van der Waals surface area contributed by atoms with E-state index in [0.717, 1.165) is 10.2 Å². The molecule has 0 saturated heterocycles. The minimum atomic E-state index is -0.216. The molecule has 23 heavy (non-hydrogen) atoms. The summed E-state index contributed by atoms with van der Waals surface area (Å²) in [4.78, 5) is 16.7. The Morgan fingerprint density at radius 2 is 1.96 bits per heavy atom. The van der Waals surface area contributed by atoms with E-state index in [-0.39, 0.29) is 12.7 Å². The van der Waals surface area contributed by atoms with Gasteiger partial charge in [0, 0.05) is 17.7 Å². The first-order chi connectivity index (χ1) is 11.2. The molecule has 0 bridgehead atoms. The van der Waals surface area contributed by atoms with Crippen molar-refractivity contribution in [2.75, 3.05) is 19.2 Å². The Labute approximate surface area is 135 Å². The number of hydrogen-bond acceptors (Lipinski definition) is 6. The van der Waals surface area contributed by atoms with Crippen molar-refractivity contribution in [2.45, 2.75) is 0 Å². The predicted octanol–water partition coefficient (Wildman–Crippen LogP) is 3.29. The first-order valence-electron chi connectivity index (χ1n) is 6.88. The molecular formula is C16H12N2O4S. The fourth-order valence-electron chi connectivity index (χ4n) is 2.28. The van der Waals surface area contributed by atoms with Crippen LogP contribution in [0.1, 0.15) is 10.4 Å². The number of amides is 1. The molecule has 6 nitrogen and oxygen atoms in total. The van der Waals surface area contributed by atoms with Crippen LogP contribution in [0.2, 0.25) is 0 Å². The molecule has 0 radical (unpaired) electrons. The van der Waals surface area contributed by atoms with Crippen molar-refractivity contribution in [3.63, 3.8) is 0 Å². The van der Waals surface area contributed by atoms with Crippen LogP contribution >= 0.6 is 11.3 Å². The number of carbonyl (C=O) groups excluding carboxylic acids is 1. The van der Waals surface area contributed by atoms with E-state index in [9.17, 15) is 4.79 Å². The lowest BCUT2D eigenvalue weighted by molar-refractivity contribution is 0.102. The Morgan fingerprint density at radius 3 is 2.70 bits per heavy atom. The number of nitrogens with one attached hydrogen (secondary N) is 1. The molecule has 7 heteroatoms. The summed E-state index contributed by atoms with van der Waals surface area (Å²) in [7, 11) is 1.58. The van der Waals surface area contributed by atoms with Crippen LogP contribution in [0.5, 0.6) is 17.2 Å². The van der Waals surface area contributed by atoms with Gasteiger partial charge >= 0.3 is 0 Å². The lowest BCUT2D eigenvalue weighted by Crippen LogP contribution is -2.11. The van der Waals surface area contributed by atoms with Gasteiger partial charge in [-0.05, 0) is 24.3 Å². The highest BCUT2D eigenvalue weighted by Crippen LogP contribution is 2.39. The largest absolute Gasteiger partial charge is 0.497 e. The number of hydrogen-bond donors (Lipinski definition) is 1. The quantitative estimate of drug-likeness (QED) is 0.799. The molecule has 2 aromatic carbocycles. The van der Waals surface area contributed by atoms with Gasteiger partial charge < -0.3 is 14.2 Å². The third-order valence-corrected chi connectivity index (χ3v) is 4.39. The van der Waals surface area contributed by atoms with Gasteiger partial charge in [-0.15, -0.1) is 0 Å². The van der Waals surface area contributed by atoms with Crippen LogP contribution in [-0.4, -0.2) is 24.8 Å². The first-order valence-corrected chi connectivity index (χ1v) is 7.70. The van der Waals surface area contributed by atoms with Gasteiger partial charge in [0.25, 0.3) is 5.91 Å². The Hall–Kier alpha value is -2.80. The van der Waals surface area contributed by atoms with E-state index >= 15 is 0 Å². The number of benzene rings is 2. The van der Waals surface area contributed by atoms with Gasteiger partial charge in [0.05, 0.1) is 17.3 Å². The van der Waals surface area contributed by atoms with Gasteiger partial charge in [-0.3, -0.25) is 10.1 Å². The zero-order valence-corrected chi connectivity index (χ0v) is 13.0. The minimum Gasteiger partial charge on any atom is -0.497 e. The van der Waals surface area contributed by atoms with Gasteiger partial charge in [0.1, 0.15) is 5.75 Å². The zero-order chi connectivity index (χ0) is 15.8. The highest BCUT2D eigenvalue weighted by atomic mass is 32.1. The topological polar surface area (TPSA) is 69.7 Å². The van der Waals surface area contributed by atoms with Gasteiger partial charge in [0.15, 0.2) is 16.6 Å². The van der Waals surface area contributed by atoms with E-state index in [1.54, 1.807) is 31.4 Å². The van der Waals surface area contributed by atoms with Crippen LogP contribution < -0.4 is 19.5 Å². The van der Waals surface area contributed by atoms with Gasteiger partial charge in [0.2, 0.25) is 6.79 Å². The second-order valence-electron chi connectivity index (χ2n) is 4.87. The number of anilines is 1. The summed E-state index contributed by atoms with van der Waals surface area (Å²) in [5, 5.41) is 3.34. The second-order valence-corrected chi connectivity index (χ2v) is 5.91. The standard InChI is InChI=1S/C16H12N2O4S/c1-20-10-4-2-9(3-5-10)15(19)18-16-17-11-6-12-13(22-8-21-12)7-14(11)23-16/h2-7H,8H2,1H3,(H,17,18,19). The number of aromatic nitrogens is 1. The lowest BCUT2D eigenvalue weighted by atomic mass is 10.2. The number of fused-ring (bicyclic) bond motifs is 2. The third kappa shape index (κ3) is 2.55. The van der Waals surface area contributed by atoms with Crippen LogP contribution in [0.4, 0.5) is 5.13 Å². The van der Waals surface area contributed by atoms with Crippen LogP contribution in [-0.2, 0) is 0 Å². The first kappa shape index (κ1) is 13.8. The van der Waals surface area contributed by atoms with E-state index in [2.05, 4.69) is 10.3 Å². The van der Waals surface area contributed by atoms with Crippen molar-refractivity contribution >= 4 is 32.6 Å². The van der Waals surface area contributed by atoms with Crippen LogP contribution in [0.3, 0.4) is 0 Å². The molecule has 1 amide bonds. The molecule has 0 unspecified atom stereocenters. The molecule has 3 aromatic rings. The second kappa shape index (κ2) is 5.44. The number of carbonyl (C=O) groups is 1. The molecule has 4 rings (SSSR count). The molecule has 1 aliphatic rings. The smallest absolute Gasteiger partial charge is 0.257 e. The fraction of sp³-hybridized carbons (Fsp3) is 0.125. The van der Waals surface area contributed by atoms with Gasteiger partial charge in [-0.1, -0.05) is 11.3 Å². The molecule has 1 N–H and O–H groups in total. The third-order valence-electron chi connectivity index (χ3n) is 3.46. The number of ether oxygens (including phenoxy) is 3. The molecule has 2 heterocycles. The maximum atomic E-state index is 12.3. The summed E-state index contributed by atoms with van der Waals surface area (Å²) >= 11 is 1.39. The zero-order valence-electron chi connectivity index (χ0n) is 12.2. The number of rotatable bonds is 3. The average Bonchev–Trinajstić information content (AvgIpc) is 3.17. The highest BCUT2D eigenvalue weighted by Gasteiger charge is 2.17. The Balaban J connectivity index is 1.58. The van der Waals surface area contributed by atoms with Gasteiger partial charge in [-0.25, -0.2) is 4.98 Å². The molecule has 0 aliphatic carbocycles. The summed E-state index contributed by atoms with van der Waals surface area (Å²) in [6.45, 7) is 0.230. The molecule has 1 aliphatic heterocycles. The summed E-state index contributed by atoms with van der Waals surface area (Å²) in [5.41, 5.74) is 1.31. The predicted molar refractivity (Wildman–Crippen MR) is 86.7 cm³/mol. The SMILES string of the molecule is COc1ccc(C(=O)Nc2nc3cc4c(cc3s2)OCO4)cc1. The maximum absolute atomic E-state index is 12.3. The molecule has 0 fully saturated rings. The van der Waals surface area contributed by atoms with E-state index in [1.165, 1.54) is 11.3 Å². The van der Waals surface area contributed by atoms with E-state index in [0.29, 0.717) is 27.9 Å². The highest BCUT2D eigenvalue weighted by molar-refractivity contribution is 7.22. The van der Waals surface area contributed by atoms with Crippen LogP contribution in [0.25, 0.3) is 10.2 Å². The maximum Gasteiger partial charge on any atom is 0.257 e. The summed E-state index contributed by atoms with van der Waals surface area (Å²) < 4.78 is 16.7. The molecule has 0 spiro atoms. The van der Waals surface area contributed by atoms with E-state index < -0.39 is 0 Å². The molecule has 116 valence electrons. The summed E-state index contributed by atoms with van der Waals surface area (Å²) in [6.07, 6.45) is 0. The molecule has 0 atom stereocenters. The minimum absolute atomic E-state index is 0.216. The molecule has 1 aromatic heterocycles. The van der Waals surface area contributed by atoms with E-state index in [1.807, 2.05) is 12.1 Å². The Bertz CT molecular complexity index is 848. The van der Waals surface area contributed by atoms with Gasteiger partial charge in [-0.2, -0.15) is 0 Å². The van der Waals surface area contributed by atoms with E-state index in [4.69, 9.17) is 14.2 Å². The number of thiazole rings is 1. The summed E-state index contributed by atoms with van der Waals surface area (Å²) in [6, 6.07) is 10.6. The fourth-order valence-corrected chi connectivity index (χ4v) is 3.15. The van der Waals surface area contributed by atoms with Crippen molar-refractivity contribution in [3.8, 4) is 17.2 Å².